The average Bonchev–Trinajstić information content (AvgIpc) is 2.79. The lowest BCUT2D eigenvalue weighted by molar-refractivity contribution is -0.119. The summed E-state index contributed by atoms with van der Waals surface area (Å²) in [7, 11) is 1.57. The second-order valence-corrected chi connectivity index (χ2v) is 5.26. The lowest BCUT2D eigenvalue weighted by Gasteiger charge is -2.08. The number of esters is 1. The molecule has 0 spiro atoms. The van der Waals surface area contributed by atoms with Crippen LogP contribution in [0.3, 0.4) is 0 Å². The van der Waals surface area contributed by atoms with Crippen LogP contribution < -0.4 is 10.1 Å². The minimum atomic E-state index is -2.93. The molecule has 134 valence electrons. The highest BCUT2D eigenvalue weighted by molar-refractivity contribution is 6.32. The maximum absolute atomic E-state index is 12.0. The maximum Gasteiger partial charge on any atom is 0.387 e. The molecule has 0 fully saturated rings. The molecule has 0 atom stereocenters. The number of aryl methyl sites for hydroxylation is 2. The van der Waals surface area contributed by atoms with E-state index in [-0.39, 0.29) is 16.5 Å². The standard InChI is InChI=1S/C15H14ClF2N3O4/c1-8-12(13(16)21(2)20-8)14(23)24-7-11(22)19-9-3-5-10(6-4-9)25-15(17)18/h3-6,15H,7H2,1-2H3,(H,19,22). The lowest BCUT2D eigenvalue weighted by Crippen LogP contribution is -2.21. The number of amides is 1. The van der Waals surface area contributed by atoms with Crippen molar-refractivity contribution in [2.75, 3.05) is 11.9 Å². The second-order valence-electron chi connectivity index (χ2n) is 4.90. The highest BCUT2D eigenvalue weighted by atomic mass is 35.5. The Labute approximate surface area is 146 Å². The fourth-order valence-corrected chi connectivity index (χ4v) is 2.23. The van der Waals surface area contributed by atoms with Gasteiger partial charge in [0.25, 0.3) is 5.91 Å². The van der Waals surface area contributed by atoms with Gasteiger partial charge in [-0.1, -0.05) is 11.6 Å². The van der Waals surface area contributed by atoms with E-state index in [2.05, 4.69) is 15.2 Å². The van der Waals surface area contributed by atoms with E-state index in [0.29, 0.717) is 11.4 Å². The summed E-state index contributed by atoms with van der Waals surface area (Å²) in [6.45, 7) is -1.88. The van der Waals surface area contributed by atoms with E-state index in [1.54, 1.807) is 14.0 Å². The van der Waals surface area contributed by atoms with Gasteiger partial charge in [0, 0.05) is 12.7 Å². The van der Waals surface area contributed by atoms with Crippen molar-refractivity contribution in [1.29, 1.82) is 0 Å². The molecule has 0 saturated heterocycles. The molecule has 1 aromatic heterocycles. The number of ether oxygens (including phenoxy) is 2. The van der Waals surface area contributed by atoms with E-state index in [1.165, 1.54) is 28.9 Å². The third kappa shape index (κ3) is 4.90. The SMILES string of the molecule is Cc1nn(C)c(Cl)c1C(=O)OCC(=O)Nc1ccc(OC(F)F)cc1. The molecule has 0 aliphatic heterocycles. The van der Waals surface area contributed by atoms with Gasteiger partial charge < -0.3 is 14.8 Å². The number of rotatable bonds is 6. The fraction of sp³-hybridized carbons (Fsp3) is 0.267. The van der Waals surface area contributed by atoms with E-state index < -0.39 is 25.1 Å². The second kappa shape index (κ2) is 7.93. The Bertz CT molecular complexity index is 778. The van der Waals surface area contributed by atoms with Crippen LogP contribution in [0.15, 0.2) is 24.3 Å². The molecule has 0 saturated carbocycles. The summed E-state index contributed by atoms with van der Waals surface area (Å²) in [5, 5.41) is 6.53. The molecular formula is C15H14ClF2N3O4. The highest BCUT2D eigenvalue weighted by Gasteiger charge is 2.21. The topological polar surface area (TPSA) is 82.5 Å². The van der Waals surface area contributed by atoms with Gasteiger partial charge in [-0.15, -0.1) is 0 Å². The van der Waals surface area contributed by atoms with Crippen LogP contribution in [-0.4, -0.2) is 34.9 Å². The van der Waals surface area contributed by atoms with Crippen molar-refractivity contribution < 1.29 is 27.8 Å². The summed E-state index contributed by atoms with van der Waals surface area (Å²) in [6, 6.07) is 5.29. The fourth-order valence-electron chi connectivity index (χ4n) is 1.98. The monoisotopic (exact) mass is 373 g/mol. The number of halogens is 3. The van der Waals surface area contributed by atoms with Crippen molar-refractivity contribution in [3.63, 3.8) is 0 Å². The van der Waals surface area contributed by atoms with E-state index in [0.717, 1.165) is 0 Å². The smallest absolute Gasteiger partial charge is 0.387 e. The summed E-state index contributed by atoms with van der Waals surface area (Å²) in [6.07, 6.45) is 0. The van der Waals surface area contributed by atoms with Crippen molar-refractivity contribution in [1.82, 2.24) is 9.78 Å². The Morgan fingerprint density at radius 1 is 1.32 bits per heavy atom. The normalized spacial score (nSPS) is 10.6. The summed E-state index contributed by atoms with van der Waals surface area (Å²) < 4.78 is 34.5. The van der Waals surface area contributed by atoms with Crippen molar-refractivity contribution in [3.8, 4) is 5.75 Å². The molecule has 7 nitrogen and oxygen atoms in total. The van der Waals surface area contributed by atoms with Gasteiger partial charge in [0.2, 0.25) is 0 Å². The van der Waals surface area contributed by atoms with Gasteiger partial charge in [-0.2, -0.15) is 13.9 Å². The zero-order valence-electron chi connectivity index (χ0n) is 13.3. The van der Waals surface area contributed by atoms with Crippen LogP contribution in [-0.2, 0) is 16.6 Å². The van der Waals surface area contributed by atoms with Gasteiger partial charge in [-0.25, -0.2) is 4.79 Å². The Morgan fingerprint density at radius 2 is 1.96 bits per heavy atom. The zero-order chi connectivity index (χ0) is 18.6. The number of anilines is 1. The van der Waals surface area contributed by atoms with Crippen molar-refractivity contribution in [2.45, 2.75) is 13.5 Å². The molecule has 0 bridgehead atoms. The number of aromatic nitrogens is 2. The van der Waals surface area contributed by atoms with Crippen molar-refractivity contribution in [2.24, 2.45) is 7.05 Å². The Morgan fingerprint density at radius 3 is 2.48 bits per heavy atom. The first-order valence-electron chi connectivity index (χ1n) is 6.99. The molecular weight excluding hydrogens is 360 g/mol. The molecule has 0 unspecified atom stereocenters. The van der Waals surface area contributed by atoms with E-state index >= 15 is 0 Å². The van der Waals surface area contributed by atoms with Crippen molar-refractivity contribution in [3.05, 3.63) is 40.7 Å². The number of alkyl halides is 2. The molecule has 0 aliphatic carbocycles. The molecule has 2 rings (SSSR count). The van der Waals surface area contributed by atoms with Crippen LogP contribution in [0.2, 0.25) is 5.15 Å². The van der Waals surface area contributed by atoms with E-state index in [9.17, 15) is 18.4 Å². The zero-order valence-corrected chi connectivity index (χ0v) is 14.0. The Kier molecular flexibility index (Phi) is 5.92. The van der Waals surface area contributed by atoms with Gasteiger partial charge in [0.15, 0.2) is 6.61 Å². The van der Waals surface area contributed by atoms with Crippen LogP contribution in [0.5, 0.6) is 5.75 Å². The predicted molar refractivity (Wildman–Crippen MR) is 84.9 cm³/mol. The quantitative estimate of drug-likeness (QED) is 0.787. The summed E-state index contributed by atoms with van der Waals surface area (Å²) in [4.78, 5) is 23.8. The number of nitrogens with zero attached hydrogens (tertiary/aromatic N) is 2. The minimum absolute atomic E-state index is 0.0406. The van der Waals surface area contributed by atoms with Gasteiger partial charge >= 0.3 is 12.6 Å². The van der Waals surface area contributed by atoms with Crippen LogP contribution in [0.1, 0.15) is 16.1 Å². The van der Waals surface area contributed by atoms with Crippen LogP contribution in [0.4, 0.5) is 14.5 Å². The third-order valence-electron chi connectivity index (χ3n) is 3.05. The summed E-state index contributed by atoms with van der Waals surface area (Å²) in [5.41, 5.74) is 0.802. The number of nitrogens with one attached hydrogen (secondary N) is 1. The highest BCUT2D eigenvalue weighted by Crippen LogP contribution is 2.20. The molecule has 25 heavy (non-hydrogen) atoms. The average molecular weight is 374 g/mol. The number of carbonyl (C=O) groups excluding carboxylic acids is 2. The predicted octanol–water partition coefficient (Wildman–Crippen LogP) is 2.78. The maximum atomic E-state index is 12.0. The van der Waals surface area contributed by atoms with Gasteiger partial charge in [-0.05, 0) is 31.2 Å². The lowest BCUT2D eigenvalue weighted by atomic mass is 10.3. The molecule has 1 heterocycles. The first-order valence-corrected chi connectivity index (χ1v) is 7.36. The van der Waals surface area contributed by atoms with Gasteiger partial charge in [0.05, 0.1) is 5.69 Å². The number of hydrogen-bond donors (Lipinski definition) is 1. The van der Waals surface area contributed by atoms with Gasteiger partial charge in [-0.3, -0.25) is 9.48 Å². The van der Waals surface area contributed by atoms with Crippen LogP contribution >= 0.6 is 11.6 Å². The molecule has 10 heteroatoms. The Balaban J connectivity index is 1.89. The Hall–Kier alpha value is -2.68. The molecule has 0 aliphatic rings. The van der Waals surface area contributed by atoms with Crippen LogP contribution in [0, 0.1) is 6.92 Å². The largest absolute Gasteiger partial charge is 0.452 e. The first kappa shape index (κ1) is 18.7. The molecule has 0 radical (unpaired) electrons. The van der Waals surface area contributed by atoms with E-state index in [4.69, 9.17) is 16.3 Å². The molecule has 1 N–H and O–H groups in total. The third-order valence-corrected chi connectivity index (χ3v) is 3.49. The van der Waals surface area contributed by atoms with Crippen molar-refractivity contribution >= 4 is 29.2 Å². The van der Waals surface area contributed by atoms with Gasteiger partial charge in [0.1, 0.15) is 16.5 Å². The number of benzene rings is 1. The summed E-state index contributed by atoms with van der Waals surface area (Å²) in [5.74, 6) is -1.42. The minimum Gasteiger partial charge on any atom is -0.452 e. The molecule has 2 aromatic rings. The molecule has 1 amide bonds. The number of carbonyl (C=O) groups is 2. The van der Waals surface area contributed by atoms with E-state index in [1.807, 2.05) is 0 Å². The summed E-state index contributed by atoms with van der Waals surface area (Å²) >= 11 is 5.94. The number of hydrogen-bond acceptors (Lipinski definition) is 5. The van der Waals surface area contributed by atoms with Crippen LogP contribution in [0.25, 0.3) is 0 Å². The molecule has 1 aromatic carbocycles. The first-order chi connectivity index (χ1) is 11.8.